The zero-order valence-corrected chi connectivity index (χ0v) is 50.6. The Morgan fingerprint density at radius 3 is 0.491 bits per heavy atom. The number of hydrogen-bond donors (Lipinski definition) is 0. The fourth-order valence-electron chi connectivity index (χ4n) is 8.68. The summed E-state index contributed by atoms with van der Waals surface area (Å²) >= 11 is 0. The van der Waals surface area contributed by atoms with Gasteiger partial charge in [0.25, 0.3) is 0 Å². The van der Waals surface area contributed by atoms with Crippen LogP contribution in [0.1, 0.15) is 35.6 Å². The molecule has 0 nitrogen and oxygen atoms in total. The fourth-order valence-corrected chi connectivity index (χ4v) is 14.0. The van der Waals surface area contributed by atoms with E-state index in [2.05, 4.69) is 0 Å². The summed E-state index contributed by atoms with van der Waals surface area (Å²) in [6.45, 7) is 0.521. The molecule has 0 amide bonds. The molecule has 1 atom stereocenters. The van der Waals surface area contributed by atoms with Crippen LogP contribution < -0.4 is 21.2 Å². The van der Waals surface area contributed by atoms with E-state index in [9.17, 15) is 193 Å². The summed E-state index contributed by atoms with van der Waals surface area (Å²) in [6, 6.07) is -8.17. The van der Waals surface area contributed by atoms with E-state index < -0.39 is 269 Å². The van der Waals surface area contributed by atoms with E-state index in [0.29, 0.717) is 6.92 Å². The van der Waals surface area contributed by atoms with Gasteiger partial charge >= 0.3 is 143 Å². The highest BCUT2D eigenvalue weighted by Crippen LogP contribution is 2.68. The first-order valence-electron chi connectivity index (χ1n) is 26.1. The minimum atomic E-state index is -8.61. The Kier molecular flexibility index (Phi) is 23.3. The highest BCUT2D eigenvalue weighted by Gasteiger charge is 2.95. The third kappa shape index (κ3) is 13.4. The van der Waals surface area contributed by atoms with Crippen molar-refractivity contribution in [2.75, 3.05) is 6.16 Å². The van der Waals surface area contributed by atoms with Crippen LogP contribution in [-0.2, 0) is 23.7 Å². The molecule has 0 N–H and O–H groups in total. The van der Waals surface area contributed by atoms with E-state index >= 15 is 35.1 Å². The summed E-state index contributed by atoms with van der Waals surface area (Å²) in [5, 5.41) is -4.81. The van der Waals surface area contributed by atoms with Gasteiger partial charge in [-0.2, -0.15) is 228 Å². The average Bonchev–Trinajstić information content (AvgIpc) is 0.723. The molecular weight excluding hydrogens is 1670 g/mol. The summed E-state index contributed by atoms with van der Waals surface area (Å²) in [6.07, 6.45) is -34.8. The first-order valence-corrected chi connectivity index (χ1v) is 29.0. The molecule has 0 heterocycles. The lowest BCUT2D eigenvalue weighted by atomic mass is 9.90. The Morgan fingerprint density at radius 2 is 0.340 bits per heavy atom. The molecule has 1 unspecified atom stereocenters. The summed E-state index contributed by atoms with van der Waals surface area (Å²) in [4.78, 5) is 0. The van der Waals surface area contributed by atoms with E-state index in [1.807, 2.05) is 0 Å². The number of hydrogen-bond acceptors (Lipinski definition) is 0. The standard InChI is InChI=1S/C52H24F52P2/c1-20(106(27-14-6-23(7-15-27)31(57,58)35(65,66)39(73,74)43(81,82)47(89,90)51(99,100)101)28-16-8-24(9-17-28)32(59,60)36(67,68)40(75,76)44(83,84)48(91,92)52(102,103)104)18-19-105(25-10-2-21(3-11-25)29(53,54)33(61,62)37(69,70)41(77,78)45(85,86)49(93,94)95)26-12-4-22(5-13-26)30(55,56)34(63,64)38(71,72)42(79,80)46(87,88)50(96,97)98/h2-17,20H,18-19H2,1H3. The molecule has 0 saturated heterocycles. The quantitative estimate of drug-likeness (QED) is 0.0393. The monoisotopic (exact) mass is 1700 g/mol. The molecule has 0 bridgehead atoms. The molecule has 0 aliphatic rings. The lowest BCUT2D eigenvalue weighted by Crippen LogP contribution is -2.69. The average molecular weight is 1700 g/mol. The third-order valence-electron chi connectivity index (χ3n) is 15.0. The van der Waals surface area contributed by atoms with Crippen LogP contribution in [0.5, 0.6) is 0 Å². The van der Waals surface area contributed by atoms with Gasteiger partial charge in [0.15, 0.2) is 0 Å². The molecule has 54 heteroatoms. The lowest BCUT2D eigenvalue weighted by Gasteiger charge is -2.40. The van der Waals surface area contributed by atoms with E-state index in [1.54, 1.807) is 0 Å². The fraction of sp³-hybridized carbons (Fsp3) is 0.538. The molecule has 606 valence electrons. The van der Waals surface area contributed by atoms with Crippen LogP contribution in [0.15, 0.2) is 97.1 Å². The van der Waals surface area contributed by atoms with E-state index in [1.165, 1.54) is 0 Å². The van der Waals surface area contributed by atoms with Crippen LogP contribution in [0.3, 0.4) is 0 Å². The number of alkyl halides is 52. The van der Waals surface area contributed by atoms with E-state index in [0.717, 1.165) is 0 Å². The lowest BCUT2D eigenvalue weighted by molar-refractivity contribution is -0.441. The molecule has 4 aromatic rings. The Balaban J connectivity index is 2.09. The van der Waals surface area contributed by atoms with E-state index in [4.69, 9.17) is 0 Å². The van der Waals surface area contributed by atoms with Crippen LogP contribution >= 0.6 is 15.8 Å². The molecular formula is C52H24F52P2. The van der Waals surface area contributed by atoms with Gasteiger partial charge < -0.3 is 0 Å². The zero-order valence-electron chi connectivity index (χ0n) is 48.8. The van der Waals surface area contributed by atoms with E-state index in [-0.39, 0.29) is 48.5 Å². The normalized spacial score (nSPS) is 16.2. The van der Waals surface area contributed by atoms with Gasteiger partial charge in [0.05, 0.1) is 0 Å². The minimum Gasteiger partial charge on any atom is -0.194 e. The number of benzene rings is 4. The van der Waals surface area contributed by atoms with Crippen molar-refractivity contribution >= 4 is 37.1 Å². The van der Waals surface area contributed by atoms with Crippen LogP contribution in [-0.4, -0.2) is 131 Å². The summed E-state index contributed by atoms with van der Waals surface area (Å²) in [5.74, 6) is -164. The molecule has 0 aliphatic carbocycles. The molecule has 0 aliphatic heterocycles. The van der Waals surface area contributed by atoms with Crippen molar-refractivity contribution in [3.8, 4) is 0 Å². The van der Waals surface area contributed by atoms with Crippen molar-refractivity contribution in [1.29, 1.82) is 0 Å². The number of halogens is 52. The topological polar surface area (TPSA) is 0 Å². The van der Waals surface area contributed by atoms with Crippen molar-refractivity contribution in [3.63, 3.8) is 0 Å². The molecule has 0 saturated carbocycles. The first kappa shape index (κ1) is 92.5. The first-order chi connectivity index (χ1) is 46.2. The Morgan fingerprint density at radius 1 is 0.198 bits per heavy atom. The Labute approximate surface area is 552 Å². The van der Waals surface area contributed by atoms with Gasteiger partial charge in [-0.05, 0) is 55.3 Å². The van der Waals surface area contributed by atoms with Gasteiger partial charge in [0.1, 0.15) is 0 Å². The smallest absolute Gasteiger partial charge is 0.194 e. The van der Waals surface area contributed by atoms with Gasteiger partial charge in [-0.1, -0.05) is 104 Å². The van der Waals surface area contributed by atoms with Gasteiger partial charge in [-0.15, -0.1) is 0 Å². The maximum absolute atomic E-state index is 15.4. The summed E-state index contributed by atoms with van der Waals surface area (Å²) in [5.41, 5.74) is -13.9. The molecule has 4 aromatic carbocycles. The second-order valence-corrected chi connectivity index (χ2v) is 26.8. The zero-order chi connectivity index (χ0) is 84.1. The van der Waals surface area contributed by atoms with Crippen LogP contribution in [0.4, 0.5) is 228 Å². The van der Waals surface area contributed by atoms with Crippen molar-refractivity contribution in [1.82, 2.24) is 0 Å². The largest absolute Gasteiger partial charge is 0.460 e. The maximum Gasteiger partial charge on any atom is 0.460 e. The summed E-state index contributed by atoms with van der Waals surface area (Å²) < 4.78 is 732. The second kappa shape index (κ2) is 26.7. The molecule has 4 rings (SSSR count). The van der Waals surface area contributed by atoms with Gasteiger partial charge in [-0.3, -0.25) is 0 Å². The van der Waals surface area contributed by atoms with Crippen molar-refractivity contribution in [3.05, 3.63) is 119 Å². The Bertz CT molecular complexity index is 3460. The van der Waals surface area contributed by atoms with Crippen molar-refractivity contribution in [2.24, 2.45) is 0 Å². The van der Waals surface area contributed by atoms with Gasteiger partial charge in [-0.25, -0.2) is 0 Å². The van der Waals surface area contributed by atoms with Crippen molar-refractivity contribution < 1.29 is 228 Å². The van der Waals surface area contributed by atoms with Gasteiger partial charge in [0.2, 0.25) is 0 Å². The third-order valence-corrected chi connectivity index (χ3v) is 20.4. The highest BCUT2D eigenvalue weighted by molar-refractivity contribution is 7.74. The van der Waals surface area contributed by atoms with Crippen LogP contribution in [0.25, 0.3) is 0 Å². The predicted molar refractivity (Wildman–Crippen MR) is 256 cm³/mol. The maximum atomic E-state index is 15.4. The summed E-state index contributed by atoms with van der Waals surface area (Å²) in [7, 11) is -7.02. The van der Waals surface area contributed by atoms with Crippen LogP contribution in [0.2, 0.25) is 0 Å². The molecule has 106 heavy (non-hydrogen) atoms. The molecule has 0 spiro atoms. The van der Waals surface area contributed by atoms with Crippen molar-refractivity contribution in [2.45, 2.75) is 162 Å². The van der Waals surface area contributed by atoms with Crippen LogP contribution in [0, 0.1) is 0 Å². The molecule has 0 radical (unpaired) electrons. The SMILES string of the molecule is CC(CCP(c1ccc(C(F)(F)C(F)(F)C(F)(F)C(F)(F)C(F)(F)C(F)(F)F)cc1)c1ccc(C(F)(F)C(F)(F)C(F)(F)C(F)(F)C(F)(F)C(F)(F)F)cc1)P(c1ccc(C(F)(F)C(F)(F)C(F)(F)C(F)(F)C(F)(F)C(F)(F)F)cc1)c1ccc(C(F)(F)C(F)(F)C(F)(F)C(F)(F)C(F)(F)C(F)(F)F)cc1. The molecule has 0 aromatic heterocycles. The highest BCUT2D eigenvalue weighted by atomic mass is 31.1. The number of rotatable bonds is 28. The second-order valence-electron chi connectivity index (χ2n) is 21.8. The predicted octanol–water partition coefficient (Wildman–Crippen LogP) is 22.8. The Hall–Kier alpha value is -5.90. The molecule has 0 fully saturated rings. The van der Waals surface area contributed by atoms with Gasteiger partial charge in [0, 0.05) is 22.3 Å². The minimum absolute atomic E-state index is 0.262.